The SMILES string of the molecule is CCC1Cc2c(Cl)ccc(OCC(=O)O)c2C1=O. The van der Waals surface area contributed by atoms with E-state index in [0.29, 0.717) is 22.8 Å². The third kappa shape index (κ3) is 2.20. The van der Waals surface area contributed by atoms with E-state index >= 15 is 0 Å². The Labute approximate surface area is 110 Å². The molecule has 1 unspecified atom stereocenters. The Kier molecular flexibility index (Phi) is 3.57. The summed E-state index contributed by atoms with van der Waals surface area (Å²) in [6.45, 7) is 1.48. The number of carboxylic acids is 1. The molecule has 0 saturated carbocycles. The number of ketones is 1. The van der Waals surface area contributed by atoms with Crippen molar-refractivity contribution in [3.63, 3.8) is 0 Å². The maximum absolute atomic E-state index is 12.2. The fraction of sp³-hybridized carbons (Fsp3) is 0.385. The third-order valence-corrected chi connectivity index (χ3v) is 3.48. The lowest BCUT2D eigenvalue weighted by molar-refractivity contribution is -0.139. The molecule has 0 radical (unpaired) electrons. The van der Waals surface area contributed by atoms with Crippen molar-refractivity contribution in [1.29, 1.82) is 0 Å². The van der Waals surface area contributed by atoms with E-state index in [1.165, 1.54) is 0 Å². The first-order chi connectivity index (χ1) is 8.54. The Balaban J connectivity index is 2.38. The van der Waals surface area contributed by atoms with Crippen LogP contribution in [0.1, 0.15) is 29.3 Å². The first-order valence-corrected chi connectivity index (χ1v) is 6.12. The Morgan fingerprint density at radius 3 is 2.89 bits per heavy atom. The van der Waals surface area contributed by atoms with E-state index in [-0.39, 0.29) is 11.7 Å². The quantitative estimate of drug-likeness (QED) is 0.912. The minimum atomic E-state index is -1.07. The fourth-order valence-electron chi connectivity index (χ4n) is 2.20. The van der Waals surface area contributed by atoms with Crippen molar-refractivity contribution in [2.24, 2.45) is 5.92 Å². The summed E-state index contributed by atoms with van der Waals surface area (Å²) in [5, 5.41) is 9.14. The highest BCUT2D eigenvalue weighted by molar-refractivity contribution is 6.32. The van der Waals surface area contributed by atoms with E-state index in [9.17, 15) is 9.59 Å². The van der Waals surface area contributed by atoms with E-state index in [1.807, 2.05) is 6.92 Å². The second kappa shape index (κ2) is 4.98. The summed E-state index contributed by atoms with van der Waals surface area (Å²) < 4.78 is 5.15. The van der Waals surface area contributed by atoms with Crippen LogP contribution in [0.4, 0.5) is 0 Å². The van der Waals surface area contributed by atoms with Gasteiger partial charge in [0.15, 0.2) is 12.4 Å². The van der Waals surface area contributed by atoms with Crippen molar-refractivity contribution in [2.75, 3.05) is 6.61 Å². The Morgan fingerprint density at radius 2 is 2.28 bits per heavy atom. The topological polar surface area (TPSA) is 63.6 Å². The highest BCUT2D eigenvalue weighted by Gasteiger charge is 2.33. The number of carbonyl (C=O) groups is 2. The number of hydrogen-bond donors (Lipinski definition) is 1. The summed E-state index contributed by atoms with van der Waals surface area (Å²) >= 11 is 6.07. The minimum Gasteiger partial charge on any atom is -0.481 e. The summed E-state index contributed by atoms with van der Waals surface area (Å²) in [7, 11) is 0. The summed E-state index contributed by atoms with van der Waals surface area (Å²) in [6, 6.07) is 3.20. The van der Waals surface area contributed by atoms with Crippen LogP contribution in [0.15, 0.2) is 12.1 Å². The Hall–Kier alpha value is -1.55. The molecular formula is C13H13ClO4. The summed E-state index contributed by atoms with van der Waals surface area (Å²) in [6.07, 6.45) is 1.34. The molecule has 0 aromatic heterocycles. The standard InChI is InChI=1S/C13H13ClO4/c1-2-7-5-8-9(14)3-4-10(12(8)13(7)17)18-6-11(15)16/h3-4,7H,2,5-6H2,1H3,(H,15,16). The van der Waals surface area contributed by atoms with E-state index in [2.05, 4.69) is 0 Å². The Morgan fingerprint density at radius 1 is 1.56 bits per heavy atom. The van der Waals surface area contributed by atoms with Gasteiger partial charge in [-0.15, -0.1) is 0 Å². The monoisotopic (exact) mass is 268 g/mol. The highest BCUT2D eigenvalue weighted by atomic mass is 35.5. The molecule has 1 aromatic rings. The van der Waals surface area contributed by atoms with Gasteiger partial charge in [-0.2, -0.15) is 0 Å². The molecule has 0 aliphatic heterocycles. The number of aliphatic carboxylic acids is 1. The van der Waals surface area contributed by atoms with Gasteiger partial charge in [-0.25, -0.2) is 4.79 Å². The predicted octanol–water partition coefficient (Wildman–Crippen LogP) is 2.57. The smallest absolute Gasteiger partial charge is 0.341 e. The lowest BCUT2D eigenvalue weighted by Gasteiger charge is -2.09. The van der Waals surface area contributed by atoms with Gasteiger partial charge >= 0.3 is 5.97 Å². The molecule has 0 spiro atoms. The van der Waals surface area contributed by atoms with Crippen LogP contribution in [-0.2, 0) is 11.2 Å². The van der Waals surface area contributed by atoms with Crippen molar-refractivity contribution < 1.29 is 19.4 Å². The van der Waals surface area contributed by atoms with Crippen molar-refractivity contribution in [1.82, 2.24) is 0 Å². The van der Waals surface area contributed by atoms with Crippen LogP contribution in [0.5, 0.6) is 5.75 Å². The van der Waals surface area contributed by atoms with Crippen molar-refractivity contribution in [2.45, 2.75) is 19.8 Å². The maximum Gasteiger partial charge on any atom is 0.341 e. The number of rotatable bonds is 4. The molecule has 1 aromatic carbocycles. The second-order valence-electron chi connectivity index (χ2n) is 4.26. The van der Waals surface area contributed by atoms with Gasteiger partial charge in [-0.3, -0.25) is 4.79 Å². The van der Waals surface area contributed by atoms with E-state index in [0.717, 1.165) is 12.0 Å². The number of carbonyl (C=O) groups excluding carboxylic acids is 1. The summed E-state index contributed by atoms with van der Waals surface area (Å²) in [5.74, 6) is -0.837. The molecule has 5 heteroatoms. The zero-order valence-electron chi connectivity index (χ0n) is 9.90. The minimum absolute atomic E-state index is 0.00427. The van der Waals surface area contributed by atoms with Crippen LogP contribution in [0.25, 0.3) is 0 Å². The normalized spacial score (nSPS) is 17.7. The average molecular weight is 269 g/mol. The molecule has 1 N–H and O–H groups in total. The predicted molar refractivity (Wildman–Crippen MR) is 66.4 cm³/mol. The Bertz CT molecular complexity index is 510. The molecular weight excluding hydrogens is 256 g/mol. The first kappa shape index (κ1) is 12.9. The number of halogens is 1. The van der Waals surface area contributed by atoms with E-state index in [4.69, 9.17) is 21.4 Å². The molecule has 18 heavy (non-hydrogen) atoms. The second-order valence-corrected chi connectivity index (χ2v) is 4.66. The maximum atomic E-state index is 12.2. The molecule has 1 atom stereocenters. The van der Waals surface area contributed by atoms with Gasteiger partial charge in [0, 0.05) is 10.9 Å². The molecule has 0 fully saturated rings. The van der Waals surface area contributed by atoms with Gasteiger partial charge in [0.05, 0.1) is 5.56 Å². The number of carboxylic acid groups (broad SMARTS) is 1. The molecule has 4 nitrogen and oxygen atoms in total. The van der Waals surface area contributed by atoms with Crippen molar-refractivity contribution in [3.8, 4) is 5.75 Å². The molecule has 0 bridgehead atoms. The summed E-state index contributed by atoms with van der Waals surface area (Å²) in [4.78, 5) is 22.7. The number of fused-ring (bicyclic) bond motifs is 1. The molecule has 96 valence electrons. The molecule has 0 saturated heterocycles. The van der Waals surface area contributed by atoms with Crippen LogP contribution in [0.2, 0.25) is 5.02 Å². The molecule has 1 aliphatic carbocycles. The largest absolute Gasteiger partial charge is 0.481 e. The number of benzene rings is 1. The average Bonchev–Trinajstić information content (AvgIpc) is 2.67. The number of Topliss-reactive ketones (excluding diaryl/α,β-unsaturated/α-hetero) is 1. The van der Waals surface area contributed by atoms with Gasteiger partial charge in [-0.05, 0) is 30.5 Å². The van der Waals surface area contributed by atoms with Gasteiger partial charge in [0.1, 0.15) is 5.75 Å². The third-order valence-electron chi connectivity index (χ3n) is 3.13. The molecule has 1 aliphatic rings. The van der Waals surface area contributed by atoms with Crippen LogP contribution in [0, 0.1) is 5.92 Å². The molecule has 2 rings (SSSR count). The first-order valence-electron chi connectivity index (χ1n) is 5.74. The summed E-state index contributed by atoms with van der Waals surface area (Å²) in [5.41, 5.74) is 1.23. The van der Waals surface area contributed by atoms with Gasteiger partial charge < -0.3 is 9.84 Å². The zero-order valence-corrected chi connectivity index (χ0v) is 10.7. The number of ether oxygens (including phenoxy) is 1. The van der Waals surface area contributed by atoms with Gasteiger partial charge in [0.2, 0.25) is 0 Å². The van der Waals surface area contributed by atoms with Crippen LogP contribution in [-0.4, -0.2) is 23.5 Å². The van der Waals surface area contributed by atoms with Crippen molar-refractivity contribution >= 4 is 23.4 Å². The lowest BCUT2D eigenvalue weighted by atomic mass is 10.0. The zero-order chi connectivity index (χ0) is 13.3. The van der Waals surface area contributed by atoms with Crippen LogP contribution >= 0.6 is 11.6 Å². The lowest BCUT2D eigenvalue weighted by Crippen LogP contribution is -2.13. The number of hydrogen-bond acceptors (Lipinski definition) is 3. The fourth-order valence-corrected chi connectivity index (χ4v) is 2.44. The van der Waals surface area contributed by atoms with Gasteiger partial charge in [0.25, 0.3) is 0 Å². The highest BCUT2D eigenvalue weighted by Crippen LogP contribution is 2.39. The van der Waals surface area contributed by atoms with Gasteiger partial charge in [-0.1, -0.05) is 18.5 Å². The van der Waals surface area contributed by atoms with E-state index < -0.39 is 12.6 Å². The van der Waals surface area contributed by atoms with Crippen LogP contribution < -0.4 is 4.74 Å². The molecule has 0 amide bonds. The van der Waals surface area contributed by atoms with Crippen molar-refractivity contribution in [3.05, 3.63) is 28.3 Å². The molecule has 0 heterocycles. The van der Waals surface area contributed by atoms with Crippen LogP contribution in [0.3, 0.4) is 0 Å². The van der Waals surface area contributed by atoms with E-state index in [1.54, 1.807) is 12.1 Å².